The molecular weight excluding hydrogens is 268 g/mol. The molecule has 1 aliphatic rings. The first kappa shape index (κ1) is 15.2. The summed E-state index contributed by atoms with van der Waals surface area (Å²) in [7, 11) is 0. The zero-order chi connectivity index (χ0) is 14.4. The van der Waals surface area contributed by atoms with Gasteiger partial charge in [-0.15, -0.1) is 11.3 Å². The first-order chi connectivity index (χ1) is 9.65. The summed E-state index contributed by atoms with van der Waals surface area (Å²) in [5, 5.41) is 4.12. The maximum absolute atomic E-state index is 11.8. The number of hydrogen-bond acceptors (Lipinski definition) is 3. The van der Waals surface area contributed by atoms with Crippen molar-refractivity contribution in [1.82, 2.24) is 10.3 Å². The highest BCUT2D eigenvalue weighted by Gasteiger charge is 2.08. The lowest BCUT2D eigenvalue weighted by molar-refractivity contribution is -0.121. The predicted molar refractivity (Wildman–Crippen MR) is 84.1 cm³/mol. The van der Waals surface area contributed by atoms with Gasteiger partial charge in [0.2, 0.25) is 5.91 Å². The number of thiazole rings is 1. The summed E-state index contributed by atoms with van der Waals surface area (Å²) in [6, 6.07) is 0. The number of rotatable bonds is 6. The quantitative estimate of drug-likeness (QED) is 0.812. The second kappa shape index (κ2) is 7.58. The van der Waals surface area contributed by atoms with Gasteiger partial charge in [0.15, 0.2) is 0 Å². The fourth-order valence-electron chi connectivity index (χ4n) is 2.62. The van der Waals surface area contributed by atoms with Crippen molar-refractivity contribution in [2.45, 2.75) is 58.8 Å². The van der Waals surface area contributed by atoms with E-state index in [1.54, 1.807) is 11.3 Å². The van der Waals surface area contributed by atoms with Gasteiger partial charge in [0, 0.05) is 17.8 Å². The van der Waals surface area contributed by atoms with Crippen LogP contribution in [0.2, 0.25) is 0 Å². The molecule has 1 aliphatic carbocycles. The molecule has 0 bridgehead atoms. The standard InChI is InChI=1S/C16H24N2OS/c1-12-15(20-13(2)18-12)8-9-16(19)17-11-10-14-6-4-3-5-7-14/h6H,3-5,7-11H2,1-2H3,(H,17,19). The van der Waals surface area contributed by atoms with Crippen LogP contribution in [0.5, 0.6) is 0 Å². The van der Waals surface area contributed by atoms with Gasteiger partial charge >= 0.3 is 0 Å². The van der Waals surface area contributed by atoms with Gasteiger partial charge in [0.25, 0.3) is 0 Å². The number of aromatic nitrogens is 1. The molecule has 0 aliphatic heterocycles. The van der Waals surface area contributed by atoms with E-state index in [2.05, 4.69) is 16.4 Å². The highest BCUT2D eigenvalue weighted by molar-refractivity contribution is 7.11. The van der Waals surface area contributed by atoms with E-state index in [4.69, 9.17) is 0 Å². The molecule has 4 heteroatoms. The van der Waals surface area contributed by atoms with Gasteiger partial charge in [-0.1, -0.05) is 11.6 Å². The van der Waals surface area contributed by atoms with E-state index in [1.807, 2.05) is 13.8 Å². The van der Waals surface area contributed by atoms with Crippen molar-refractivity contribution in [2.24, 2.45) is 0 Å². The number of nitrogens with zero attached hydrogens (tertiary/aromatic N) is 1. The third kappa shape index (κ3) is 4.75. The van der Waals surface area contributed by atoms with Crippen molar-refractivity contribution in [3.05, 3.63) is 27.2 Å². The van der Waals surface area contributed by atoms with Crippen LogP contribution in [0.1, 0.15) is 54.1 Å². The van der Waals surface area contributed by atoms with Crippen LogP contribution in [0.3, 0.4) is 0 Å². The maximum Gasteiger partial charge on any atom is 0.220 e. The van der Waals surface area contributed by atoms with Gasteiger partial charge < -0.3 is 5.32 Å². The topological polar surface area (TPSA) is 42.0 Å². The van der Waals surface area contributed by atoms with E-state index in [0.717, 1.165) is 30.1 Å². The first-order valence-corrected chi connectivity index (χ1v) is 8.34. The SMILES string of the molecule is Cc1nc(C)c(CCC(=O)NCCC2=CCCCC2)s1. The fraction of sp³-hybridized carbons (Fsp3) is 0.625. The number of amides is 1. The normalized spacial score (nSPS) is 15.0. The predicted octanol–water partition coefficient (Wildman–Crippen LogP) is 3.70. The summed E-state index contributed by atoms with van der Waals surface area (Å²) < 4.78 is 0. The average molecular weight is 292 g/mol. The second-order valence-electron chi connectivity index (χ2n) is 5.45. The minimum atomic E-state index is 0.159. The van der Waals surface area contributed by atoms with Crippen molar-refractivity contribution >= 4 is 17.2 Å². The van der Waals surface area contributed by atoms with Gasteiger partial charge in [-0.05, 0) is 52.4 Å². The number of carbonyl (C=O) groups is 1. The second-order valence-corrected chi connectivity index (χ2v) is 6.74. The van der Waals surface area contributed by atoms with Crippen LogP contribution in [0.4, 0.5) is 0 Å². The van der Waals surface area contributed by atoms with E-state index in [-0.39, 0.29) is 5.91 Å². The Morgan fingerprint density at radius 2 is 2.20 bits per heavy atom. The highest BCUT2D eigenvalue weighted by atomic mass is 32.1. The van der Waals surface area contributed by atoms with Crippen molar-refractivity contribution < 1.29 is 4.79 Å². The van der Waals surface area contributed by atoms with E-state index in [9.17, 15) is 4.79 Å². The van der Waals surface area contributed by atoms with Crippen LogP contribution in [0, 0.1) is 13.8 Å². The molecule has 3 nitrogen and oxygen atoms in total. The molecule has 0 saturated heterocycles. The molecule has 0 radical (unpaired) electrons. The van der Waals surface area contributed by atoms with Crippen molar-refractivity contribution in [3.8, 4) is 0 Å². The van der Waals surface area contributed by atoms with Crippen LogP contribution in [0.15, 0.2) is 11.6 Å². The van der Waals surface area contributed by atoms with E-state index < -0.39 is 0 Å². The number of allylic oxidation sites excluding steroid dienone is 1. The summed E-state index contributed by atoms with van der Waals surface area (Å²) in [6.07, 6.45) is 9.81. The summed E-state index contributed by atoms with van der Waals surface area (Å²) in [5.41, 5.74) is 2.60. The molecule has 0 saturated carbocycles. The van der Waals surface area contributed by atoms with Crippen molar-refractivity contribution in [2.75, 3.05) is 6.54 Å². The Kier molecular flexibility index (Phi) is 5.77. The van der Waals surface area contributed by atoms with Gasteiger partial charge in [-0.3, -0.25) is 4.79 Å². The molecule has 1 aromatic rings. The molecule has 0 atom stereocenters. The summed E-state index contributed by atoms with van der Waals surface area (Å²) in [4.78, 5) is 17.5. The zero-order valence-electron chi connectivity index (χ0n) is 12.5. The molecule has 110 valence electrons. The van der Waals surface area contributed by atoms with E-state index in [1.165, 1.54) is 36.1 Å². The number of carbonyl (C=O) groups excluding carboxylic acids is 1. The Labute approximate surface area is 125 Å². The summed E-state index contributed by atoms with van der Waals surface area (Å²) in [6.45, 7) is 4.82. The van der Waals surface area contributed by atoms with Gasteiger partial charge in [-0.2, -0.15) is 0 Å². The number of nitrogens with one attached hydrogen (secondary N) is 1. The van der Waals surface area contributed by atoms with Gasteiger partial charge in [0.1, 0.15) is 0 Å². The smallest absolute Gasteiger partial charge is 0.220 e. The molecule has 1 N–H and O–H groups in total. The average Bonchev–Trinajstić information content (AvgIpc) is 2.76. The molecule has 1 aromatic heterocycles. The molecule has 2 rings (SSSR count). The Bertz CT molecular complexity index is 491. The van der Waals surface area contributed by atoms with E-state index >= 15 is 0 Å². The lowest BCUT2D eigenvalue weighted by Crippen LogP contribution is -2.25. The molecule has 20 heavy (non-hydrogen) atoms. The largest absolute Gasteiger partial charge is 0.356 e. The van der Waals surface area contributed by atoms with Crippen LogP contribution >= 0.6 is 11.3 Å². The Morgan fingerprint density at radius 1 is 1.35 bits per heavy atom. The molecular formula is C16H24N2OS. The van der Waals surface area contributed by atoms with Crippen molar-refractivity contribution in [3.63, 3.8) is 0 Å². The molecule has 0 aromatic carbocycles. The third-order valence-electron chi connectivity index (χ3n) is 3.73. The fourth-order valence-corrected chi connectivity index (χ4v) is 3.55. The lowest BCUT2D eigenvalue weighted by atomic mass is 9.97. The highest BCUT2D eigenvalue weighted by Crippen LogP contribution is 2.20. The maximum atomic E-state index is 11.8. The Balaban J connectivity index is 1.65. The number of aryl methyl sites for hydroxylation is 3. The Hall–Kier alpha value is -1.16. The van der Waals surface area contributed by atoms with Crippen LogP contribution in [0.25, 0.3) is 0 Å². The monoisotopic (exact) mass is 292 g/mol. The first-order valence-electron chi connectivity index (χ1n) is 7.52. The summed E-state index contributed by atoms with van der Waals surface area (Å²) >= 11 is 1.70. The van der Waals surface area contributed by atoms with Gasteiger partial charge in [-0.25, -0.2) is 4.98 Å². The number of hydrogen-bond donors (Lipinski definition) is 1. The summed E-state index contributed by atoms with van der Waals surface area (Å²) in [5.74, 6) is 0.159. The lowest BCUT2D eigenvalue weighted by Gasteiger charge is -2.12. The molecule has 0 unspecified atom stereocenters. The Morgan fingerprint density at radius 3 is 2.85 bits per heavy atom. The third-order valence-corrected chi connectivity index (χ3v) is 4.86. The minimum absolute atomic E-state index is 0.159. The minimum Gasteiger partial charge on any atom is -0.356 e. The van der Waals surface area contributed by atoms with Gasteiger partial charge in [0.05, 0.1) is 10.7 Å². The molecule has 0 fully saturated rings. The van der Waals surface area contributed by atoms with E-state index in [0.29, 0.717) is 6.42 Å². The zero-order valence-corrected chi connectivity index (χ0v) is 13.3. The molecule has 0 spiro atoms. The molecule has 1 amide bonds. The van der Waals surface area contributed by atoms with Crippen LogP contribution in [-0.4, -0.2) is 17.4 Å². The van der Waals surface area contributed by atoms with Crippen molar-refractivity contribution in [1.29, 1.82) is 0 Å². The molecule has 1 heterocycles. The van der Waals surface area contributed by atoms with Crippen LogP contribution in [-0.2, 0) is 11.2 Å². The van der Waals surface area contributed by atoms with Crippen LogP contribution < -0.4 is 5.32 Å².